The van der Waals surface area contributed by atoms with Gasteiger partial charge in [0.25, 0.3) is 0 Å². The Morgan fingerprint density at radius 2 is 1.91 bits per heavy atom. The minimum absolute atomic E-state index is 0.191. The molecule has 0 bridgehead atoms. The Morgan fingerprint density at radius 3 is 2.41 bits per heavy atom. The molecule has 124 valence electrons. The minimum Gasteiger partial charge on any atom is -0.290 e. The van der Waals surface area contributed by atoms with E-state index in [1.54, 1.807) is 6.92 Å². The van der Waals surface area contributed by atoms with Crippen molar-refractivity contribution in [3.63, 3.8) is 0 Å². The number of halogens is 1. The third-order valence-electron chi connectivity index (χ3n) is 4.54. The van der Waals surface area contributed by atoms with E-state index >= 15 is 0 Å². The molecule has 0 amide bonds. The van der Waals surface area contributed by atoms with Crippen molar-refractivity contribution in [2.24, 2.45) is 0 Å². The fraction of sp³-hybridized carbons (Fsp3) is 0.647. The largest absolute Gasteiger partial charge is 0.290 e. The van der Waals surface area contributed by atoms with Gasteiger partial charge in [-0.25, -0.2) is 8.42 Å². The van der Waals surface area contributed by atoms with Crippen molar-refractivity contribution in [1.29, 1.82) is 0 Å². The topological polar surface area (TPSA) is 37.4 Å². The van der Waals surface area contributed by atoms with E-state index in [4.69, 9.17) is 11.6 Å². The molecule has 0 saturated carbocycles. The summed E-state index contributed by atoms with van der Waals surface area (Å²) in [4.78, 5) is 2.05. The highest BCUT2D eigenvalue weighted by Crippen LogP contribution is 2.34. The van der Waals surface area contributed by atoms with Gasteiger partial charge in [-0.2, -0.15) is 0 Å². The summed E-state index contributed by atoms with van der Waals surface area (Å²) in [6.07, 6.45) is 1.94. The number of sulfone groups is 1. The van der Waals surface area contributed by atoms with Crippen molar-refractivity contribution in [2.45, 2.75) is 45.4 Å². The predicted molar refractivity (Wildman–Crippen MR) is 93.4 cm³/mol. The summed E-state index contributed by atoms with van der Waals surface area (Å²) in [5, 5.41) is 0.853. The maximum Gasteiger partial charge on any atom is 0.163 e. The van der Waals surface area contributed by atoms with E-state index in [1.165, 1.54) is 11.1 Å². The van der Waals surface area contributed by atoms with E-state index in [-0.39, 0.29) is 11.6 Å². The number of benzene rings is 1. The SMILES string of the molecule is CCS(=O)(=O)CN1CCC(c2ccc(C(C)C)cc2Cl)CC1. The van der Waals surface area contributed by atoms with Gasteiger partial charge in [-0.3, -0.25) is 4.90 Å². The summed E-state index contributed by atoms with van der Waals surface area (Å²) in [6, 6.07) is 6.40. The molecule has 1 heterocycles. The highest BCUT2D eigenvalue weighted by atomic mass is 35.5. The smallest absolute Gasteiger partial charge is 0.163 e. The normalized spacial score (nSPS) is 18.0. The Labute approximate surface area is 139 Å². The van der Waals surface area contributed by atoms with Crippen LogP contribution in [-0.4, -0.2) is 38.0 Å². The van der Waals surface area contributed by atoms with E-state index in [2.05, 4.69) is 32.0 Å². The predicted octanol–water partition coefficient (Wildman–Crippen LogP) is 4.04. The van der Waals surface area contributed by atoms with Gasteiger partial charge in [-0.15, -0.1) is 0 Å². The lowest BCUT2D eigenvalue weighted by Crippen LogP contribution is -2.37. The molecule has 1 aromatic rings. The van der Waals surface area contributed by atoms with Gasteiger partial charge in [0.2, 0.25) is 0 Å². The van der Waals surface area contributed by atoms with Gasteiger partial charge in [0, 0.05) is 10.8 Å². The number of rotatable bonds is 5. The molecule has 0 radical (unpaired) electrons. The van der Waals surface area contributed by atoms with Gasteiger partial charge >= 0.3 is 0 Å². The average Bonchev–Trinajstić information content (AvgIpc) is 2.48. The van der Waals surface area contributed by atoms with E-state index in [9.17, 15) is 8.42 Å². The standard InChI is InChI=1S/C17H26ClNO2S/c1-4-22(20,21)12-19-9-7-14(8-10-19)16-6-5-15(13(2)3)11-17(16)18/h5-6,11,13-14H,4,7-10,12H2,1-3H3. The molecule has 2 rings (SSSR count). The molecule has 0 aliphatic carbocycles. The van der Waals surface area contributed by atoms with Crippen LogP contribution >= 0.6 is 11.6 Å². The molecule has 0 N–H and O–H groups in total. The molecule has 1 fully saturated rings. The van der Waals surface area contributed by atoms with Gasteiger partial charge in [-0.1, -0.05) is 44.5 Å². The van der Waals surface area contributed by atoms with Crippen LogP contribution in [0.2, 0.25) is 5.02 Å². The summed E-state index contributed by atoms with van der Waals surface area (Å²) in [6.45, 7) is 7.69. The zero-order valence-electron chi connectivity index (χ0n) is 13.7. The lowest BCUT2D eigenvalue weighted by Gasteiger charge is -2.32. The molecule has 1 aliphatic rings. The quantitative estimate of drug-likeness (QED) is 0.809. The van der Waals surface area contributed by atoms with Gasteiger partial charge in [0.15, 0.2) is 9.84 Å². The summed E-state index contributed by atoms with van der Waals surface area (Å²) >= 11 is 6.46. The molecule has 0 unspecified atom stereocenters. The molecule has 1 saturated heterocycles. The van der Waals surface area contributed by atoms with E-state index < -0.39 is 9.84 Å². The number of hydrogen-bond acceptors (Lipinski definition) is 3. The fourth-order valence-corrected chi connectivity index (χ4v) is 4.32. The van der Waals surface area contributed by atoms with Crippen molar-refractivity contribution in [2.75, 3.05) is 24.7 Å². The maximum atomic E-state index is 11.7. The summed E-state index contributed by atoms with van der Waals surface area (Å²) in [7, 11) is -2.92. The summed E-state index contributed by atoms with van der Waals surface area (Å²) < 4.78 is 23.4. The Kier molecular flexibility index (Phi) is 5.92. The zero-order chi connectivity index (χ0) is 16.3. The van der Waals surface area contributed by atoms with Crippen molar-refractivity contribution in [3.8, 4) is 0 Å². The lowest BCUT2D eigenvalue weighted by atomic mass is 9.88. The van der Waals surface area contributed by atoms with Gasteiger partial charge in [-0.05, 0) is 55.0 Å². The third kappa shape index (κ3) is 4.46. The van der Waals surface area contributed by atoms with Crippen LogP contribution in [0.4, 0.5) is 0 Å². The number of likely N-dealkylation sites (tertiary alicyclic amines) is 1. The third-order valence-corrected chi connectivity index (χ3v) is 6.50. The van der Waals surface area contributed by atoms with Crippen LogP contribution in [0.3, 0.4) is 0 Å². The Bertz CT molecular complexity index is 605. The molecular formula is C17H26ClNO2S. The first-order valence-electron chi connectivity index (χ1n) is 8.04. The van der Waals surface area contributed by atoms with Crippen molar-refractivity contribution < 1.29 is 8.42 Å². The number of piperidine rings is 1. The highest BCUT2D eigenvalue weighted by molar-refractivity contribution is 7.91. The number of nitrogens with zero attached hydrogens (tertiary/aromatic N) is 1. The van der Waals surface area contributed by atoms with Crippen LogP contribution < -0.4 is 0 Å². The first-order chi connectivity index (χ1) is 10.3. The zero-order valence-corrected chi connectivity index (χ0v) is 15.3. The van der Waals surface area contributed by atoms with Gasteiger partial charge in [0.1, 0.15) is 5.88 Å². The van der Waals surface area contributed by atoms with E-state index in [0.717, 1.165) is 31.0 Å². The molecule has 0 spiro atoms. The van der Waals surface area contributed by atoms with Crippen LogP contribution in [0, 0.1) is 0 Å². The second-order valence-electron chi connectivity index (χ2n) is 6.49. The Balaban J connectivity index is 2.00. The second kappa shape index (κ2) is 7.33. The van der Waals surface area contributed by atoms with E-state index in [0.29, 0.717) is 11.8 Å². The minimum atomic E-state index is -2.92. The van der Waals surface area contributed by atoms with Crippen molar-refractivity contribution in [3.05, 3.63) is 34.3 Å². The lowest BCUT2D eigenvalue weighted by molar-refractivity contribution is 0.241. The van der Waals surface area contributed by atoms with Crippen molar-refractivity contribution >= 4 is 21.4 Å². The maximum absolute atomic E-state index is 11.7. The molecule has 3 nitrogen and oxygen atoms in total. The average molecular weight is 344 g/mol. The molecule has 5 heteroatoms. The summed E-state index contributed by atoms with van der Waals surface area (Å²) in [5.41, 5.74) is 2.48. The van der Waals surface area contributed by atoms with E-state index in [1.807, 2.05) is 4.90 Å². The fourth-order valence-electron chi connectivity index (χ4n) is 2.98. The Hall–Kier alpha value is -0.580. The molecule has 1 aliphatic heterocycles. The van der Waals surface area contributed by atoms with Crippen LogP contribution in [0.15, 0.2) is 18.2 Å². The molecule has 22 heavy (non-hydrogen) atoms. The molecule has 0 atom stereocenters. The van der Waals surface area contributed by atoms with Gasteiger partial charge < -0.3 is 0 Å². The molecular weight excluding hydrogens is 318 g/mol. The van der Waals surface area contributed by atoms with Crippen LogP contribution in [0.5, 0.6) is 0 Å². The first-order valence-corrected chi connectivity index (χ1v) is 10.2. The second-order valence-corrected chi connectivity index (χ2v) is 9.22. The monoisotopic (exact) mass is 343 g/mol. The molecule has 0 aromatic heterocycles. The van der Waals surface area contributed by atoms with Crippen LogP contribution in [0.1, 0.15) is 56.6 Å². The van der Waals surface area contributed by atoms with Crippen molar-refractivity contribution in [1.82, 2.24) is 4.90 Å². The molecule has 1 aromatic carbocycles. The Morgan fingerprint density at radius 1 is 1.27 bits per heavy atom. The van der Waals surface area contributed by atoms with Crippen LogP contribution in [0.25, 0.3) is 0 Å². The highest BCUT2D eigenvalue weighted by Gasteiger charge is 2.24. The van der Waals surface area contributed by atoms with Gasteiger partial charge in [0.05, 0.1) is 0 Å². The van der Waals surface area contributed by atoms with Crippen LogP contribution in [-0.2, 0) is 9.84 Å². The summed E-state index contributed by atoms with van der Waals surface area (Å²) in [5.74, 6) is 1.33. The first kappa shape index (κ1) is 17.8. The number of hydrogen-bond donors (Lipinski definition) is 0.